The number of rotatable bonds is 5. The van der Waals surface area contributed by atoms with Crippen molar-refractivity contribution in [3.8, 4) is 0 Å². The van der Waals surface area contributed by atoms with Crippen molar-refractivity contribution in [2.75, 3.05) is 7.05 Å². The Kier molecular flexibility index (Phi) is 5.29. The van der Waals surface area contributed by atoms with Crippen molar-refractivity contribution in [3.05, 3.63) is 90.1 Å². The summed E-state index contributed by atoms with van der Waals surface area (Å²) in [5.41, 5.74) is 1.74. The minimum absolute atomic E-state index is 0.0228. The van der Waals surface area contributed by atoms with Crippen molar-refractivity contribution in [3.63, 3.8) is 0 Å². The zero-order valence-electron chi connectivity index (χ0n) is 13.4. The smallest absolute Gasteiger partial charge is 0.256 e. The van der Waals surface area contributed by atoms with Crippen molar-refractivity contribution in [2.45, 2.75) is 16.5 Å². The third kappa shape index (κ3) is 4.03. The molecule has 2 aromatic carbocycles. The van der Waals surface area contributed by atoms with E-state index in [0.717, 1.165) is 15.5 Å². The number of amides is 1. The summed E-state index contributed by atoms with van der Waals surface area (Å²) in [7, 11) is 1.82. The van der Waals surface area contributed by atoms with Crippen LogP contribution in [-0.2, 0) is 6.54 Å². The molecule has 0 atom stereocenters. The lowest BCUT2D eigenvalue weighted by Crippen LogP contribution is -2.26. The fourth-order valence-corrected chi connectivity index (χ4v) is 3.27. The highest BCUT2D eigenvalue weighted by atomic mass is 32.2. The minimum atomic E-state index is -0.0228. The summed E-state index contributed by atoms with van der Waals surface area (Å²) in [6, 6.07) is 23.6. The maximum absolute atomic E-state index is 12.8. The summed E-state index contributed by atoms with van der Waals surface area (Å²) in [6.45, 7) is 0.573. The van der Waals surface area contributed by atoms with Crippen molar-refractivity contribution < 1.29 is 4.79 Å². The molecule has 24 heavy (non-hydrogen) atoms. The molecule has 0 aliphatic carbocycles. The minimum Gasteiger partial charge on any atom is -0.337 e. The summed E-state index contributed by atoms with van der Waals surface area (Å²) in [6.07, 6.45) is 1.72. The van der Waals surface area contributed by atoms with Gasteiger partial charge in [-0.25, -0.2) is 4.98 Å². The highest BCUT2D eigenvalue weighted by Gasteiger charge is 2.17. The normalized spacial score (nSPS) is 10.4. The van der Waals surface area contributed by atoms with Crippen LogP contribution in [0.1, 0.15) is 15.9 Å². The van der Waals surface area contributed by atoms with Gasteiger partial charge in [0, 0.05) is 24.7 Å². The van der Waals surface area contributed by atoms with Crippen molar-refractivity contribution in [2.24, 2.45) is 0 Å². The van der Waals surface area contributed by atoms with Gasteiger partial charge in [-0.05, 0) is 29.8 Å². The van der Waals surface area contributed by atoms with Crippen LogP contribution in [0.5, 0.6) is 0 Å². The second kappa shape index (κ2) is 7.79. The molecule has 4 heteroatoms. The predicted molar refractivity (Wildman–Crippen MR) is 97.0 cm³/mol. The van der Waals surface area contributed by atoms with Crippen LogP contribution < -0.4 is 0 Å². The van der Waals surface area contributed by atoms with E-state index < -0.39 is 0 Å². The first-order chi connectivity index (χ1) is 11.7. The van der Waals surface area contributed by atoms with Gasteiger partial charge >= 0.3 is 0 Å². The summed E-state index contributed by atoms with van der Waals surface area (Å²) in [5.74, 6) is -0.0228. The Morgan fingerprint density at radius 3 is 2.33 bits per heavy atom. The molecule has 1 amide bonds. The lowest BCUT2D eigenvalue weighted by Gasteiger charge is -2.18. The number of pyridine rings is 1. The molecule has 0 radical (unpaired) electrons. The predicted octanol–water partition coefficient (Wildman–Crippen LogP) is 4.51. The van der Waals surface area contributed by atoms with Gasteiger partial charge in [0.2, 0.25) is 0 Å². The molecule has 0 aliphatic heterocycles. The average molecular weight is 334 g/mol. The largest absolute Gasteiger partial charge is 0.337 e. The molecular weight excluding hydrogens is 316 g/mol. The first-order valence-electron chi connectivity index (χ1n) is 7.71. The Morgan fingerprint density at radius 2 is 1.62 bits per heavy atom. The molecule has 0 spiro atoms. The topological polar surface area (TPSA) is 33.2 Å². The van der Waals surface area contributed by atoms with Gasteiger partial charge in [-0.1, -0.05) is 60.3 Å². The lowest BCUT2D eigenvalue weighted by atomic mass is 10.2. The molecule has 1 aromatic heterocycles. The number of hydrogen-bond acceptors (Lipinski definition) is 3. The number of carbonyl (C=O) groups is 1. The molecule has 0 aliphatic rings. The van der Waals surface area contributed by atoms with Crippen LogP contribution in [-0.4, -0.2) is 22.8 Å². The maximum Gasteiger partial charge on any atom is 0.256 e. The van der Waals surface area contributed by atoms with Crippen LogP contribution in [0.3, 0.4) is 0 Å². The first kappa shape index (κ1) is 16.3. The van der Waals surface area contributed by atoms with E-state index in [9.17, 15) is 4.79 Å². The van der Waals surface area contributed by atoms with Crippen molar-refractivity contribution >= 4 is 17.7 Å². The lowest BCUT2D eigenvalue weighted by molar-refractivity contribution is 0.0781. The fourth-order valence-electron chi connectivity index (χ4n) is 2.37. The SMILES string of the molecule is CN(Cc1ccccc1)C(=O)c1cccnc1Sc1ccccc1. The van der Waals surface area contributed by atoms with Crippen molar-refractivity contribution in [1.82, 2.24) is 9.88 Å². The molecule has 0 N–H and O–H groups in total. The highest BCUT2D eigenvalue weighted by Crippen LogP contribution is 2.29. The van der Waals surface area contributed by atoms with E-state index in [1.807, 2.05) is 73.8 Å². The maximum atomic E-state index is 12.8. The summed E-state index contributed by atoms with van der Waals surface area (Å²) in [4.78, 5) is 20.0. The van der Waals surface area contributed by atoms with Crippen LogP contribution in [0.2, 0.25) is 0 Å². The van der Waals surface area contributed by atoms with Gasteiger partial charge in [0.25, 0.3) is 5.91 Å². The van der Waals surface area contributed by atoms with E-state index in [2.05, 4.69) is 4.98 Å². The van der Waals surface area contributed by atoms with Gasteiger partial charge in [-0.2, -0.15) is 0 Å². The van der Waals surface area contributed by atoms with Crippen LogP contribution in [0.25, 0.3) is 0 Å². The van der Waals surface area contributed by atoms with Gasteiger partial charge in [0.1, 0.15) is 5.03 Å². The highest BCUT2D eigenvalue weighted by molar-refractivity contribution is 7.99. The standard InChI is InChI=1S/C20H18N2OS/c1-22(15-16-9-4-2-5-10-16)20(23)18-13-8-14-21-19(18)24-17-11-6-3-7-12-17/h2-14H,15H2,1H3. The molecule has 120 valence electrons. The van der Waals surface area contributed by atoms with Gasteiger partial charge in [0.15, 0.2) is 0 Å². The summed E-state index contributed by atoms with van der Waals surface area (Å²) >= 11 is 1.51. The Labute approximate surface area is 146 Å². The van der Waals surface area contributed by atoms with Gasteiger partial charge in [0.05, 0.1) is 5.56 Å². The summed E-state index contributed by atoms with van der Waals surface area (Å²) < 4.78 is 0. The molecule has 0 bridgehead atoms. The van der Waals surface area contributed by atoms with E-state index in [-0.39, 0.29) is 5.91 Å². The molecule has 0 saturated heterocycles. The Hall–Kier alpha value is -2.59. The fraction of sp³-hybridized carbons (Fsp3) is 0.100. The van der Waals surface area contributed by atoms with Crippen LogP contribution in [0.4, 0.5) is 0 Å². The van der Waals surface area contributed by atoms with Gasteiger partial charge < -0.3 is 4.90 Å². The van der Waals surface area contributed by atoms with E-state index in [4.69, 9.17) is 0 Å². The Bertz CT molecular complexity index is 806. The molecule has 0 saturated carbocycles. The Morgan fingerprint density at radius 1 is 0.958 bits per heavy atom. The Balaban J connectivity index is 1.79. The zero-order chi connectivity index (χ0) is 16.8. The molecule has 0 unspecified atom stereocenters. The zero-order valence-corrected chi connectivity index (χ0v) is 14.2. The molecule has 3 nitrogen and oxygen atoms in total. The number of hydrogen-bond donors (Lipinski definition) is 0. The van der Waals surface area contributed by atoms with E-state index in [0.29, 0.717) is 12.1 Å². The molecule has 3 aromatic rings. The third-order valence-electron chi connectivity index (χ3n) is 3.57. The number of aromatic nitrogens is 1. The molecule has 0 fully saturated rings. The quantitative estimate of drug-likeness (QED) is 0.688. The number of carbonyl (C=O) groups excluding carboxylic acids is 1. The third-order valence-corrected chi connectivity index (χ3v) is 4.60. The van der Waals surface area contributed by atoms with Crippen LogP contribution in [0.15, 0.2) is 88.9 Å². The molecule has 3 rings (SSSR count). The second-order valence-electron chi connectivity index (χ2n) is 5.42. The molecular formula is C20H18N2OS. The number of benzene rings is 2. The van der Waals surface area contributed by atoms with Crippen LogP contribution in [0, 0.1) is 0 Å². The monoisotopic (exact) mass is 334 g/mol. The van der Waals surface area contributed by atoms with Crippen molar-refractivity contribution in [1.29, 1.82) is 0 Å². The van der Waals surface area contributed by atoms with Gasteiger partial charge in [-0.15, -0.1) is 0 Å². The van der Waals surface area contributed by atoms with Gasteiger partial charge in [-0.3, -0.25) is 4.79 Å². The van der Waals surface area contributed by atoms with E-state index in [1.165, 1.54) is 11.8 Å². The molecule has 1 heterocycles. The van der Waals surface area contributed by atoms with E-state index >= 15 is 0 Å². The average Bonchev–Trinajstić information content (AvgIpc) is 2.63. The summed E-state index contributed by atoms with van der Waals surface area (Å²) in [5, 5.41) is 0.730. The second-order valence-corrected chi connectivity index (χ2v) is 6.48. The van der Waals surface area contributed by atoms with Crippen LogP contribution >= 0.6 is 11.8 Å². The first-order valence-corrected chi connectivity index (χ1v) is 8.53. The van der Waals surface area contributed by atoms with E-state index in [1.54, 1.807) is 17.2 Å². The number of nitrogens with zero attached hydrogens (tertiary/aromatic N) is 2.